The summed E-state index contributed by atoms with van der Waals surface area (Å²) in [6.45, 7) is 6.98. The lowest BCUT2D eigenvalue weighted by molar-refractivity contribution is 0.263. The summed E-state index contributed by atoms with van der Waals surface area (Å²) < 4.78 is 5.59. The van der Waals surface area contributed by atoms with E-state index in [0.717, 1.165) is 12.2 Å². The highest BCUT2D eigenvalue weighted by Gasteiger charge is 2.09. The minimum atomic E-state index is 0.164. The zero-order valence-electron chi connectivity index (χ0n) is 12.0. The van der Waals surface area contributed by atoms with Gasteiger partial charge in [0.1, 0.15) is 5.82 Å². The number of nitrogens with one attached hydrogen (secondary N) is 1. The minimum Gasteiger partial charge on any atom is -0.476 e. The number of aromatic nitrogens is 1. The molecular formula is C14H25N3O2. The Balaban J connectivity index is 2.71. The average Bonchev–Trinajstić information content (AvgIpc) is 2.38. The molecule has 0 saturated carbocycles. The first-order valence-corrected chi connectivity index (χ1v) is 6.83. The van der Waals surface area contributed by atoms with Crippen LogP contribution in [0.4, 0.5) is 11.5 Å². The zero-order valence-corrected chi connectivity index (χ0v) is 12.0. The van der Waals surface area contributed by atoms with Crippen molar-refractivity contribution < 1.29 is 9.84 Å². The van der Waals surface area contributed by atoms with Crippen molar-refractivity contribution in [2.45, 2.75) is 39.7 Å². The Morgan fingerprint density at radius 3 is 2.74 bits per heavy atom. The molecule has 0 spiro atoms. The molecule has 1 rings (SSSR count). The van der Waals surface area contributed by atoms with E-state index in [2.05, 4.69) is 31.1 Å². The Kier molecular flexibility index (Phi) is 6.42. The van der Waals surface area contributed by atoms with Crippen LogP contribution in [0.5, 0.6) is 5.88 Å². The van der Waals surface area contributed by atoms with Crippen LogP contribution in [0.1, 0.15) is 33.6 Å². The van der Waals surface area contributed by atoms with Crippen LogP contribution in [-0.4, -0.2) is 29.3 Å². The fourth-order valence-electron chi connectivity index (χ4n) is 1.64. The molecule has 5 heteroatoms. The number of nitrogens with zero attached hydrogens (tertiary/aromatic N) is 1. The number of pyridine rings is 1. The maximum atomic E-state index is 8.98. The SMILES string of the molecule is CCC(CCO)Nc1ccc(N)c(OCC(C)C)n1. The maximum Gasteiger partial charge on any atom is 0.239 e. The molecule has 0 aliphatic heterocycles. The third kappa shape index (κ3) is 5.34. The van der Waals surface area contributed by atoms with Crippen molar-refractivity contribution in [2.24, 2.45) is 5.92 Å². The molecule has 0 aliphatic carbocycles. The first-order valence-electron chi connectivity index (χ1n) is 6.83. The smallest absolute Gasteiger partial charge is 0.239 e. The quantitative estimate of drug-likeness (QED) is 0.673. The number of ether oxygens (including phenoxy) is 1. The summed E-state index contributed by atoms with van der Waals surface area (Å²) in [5.41, 5.74) is 6.39. The van der Waals surface area contributed by atoms with Crippen LogP contribution in [-0.2, 0) is 0 Å². The third-order valence-corrected chi connectivity index (χ3v) is 2.77. The van der Waals surface area contributed by atoms with Crippen LogP contribution >= 0.6 is 0 Å². The van der Waals surface area contributed by atoms with Crippen LogP contribution in [0.25, 0.3) is 0 Å². The molecular weight excluding hydrogens is 242 g/mol. The van der Waals surface area contributed by atoms with E-state index < -0.39 is 0 Å². The number of hydrogen-bond donors (Lipinski definition) is 3. The zero-order chi connectivity index (χ0) is 14.3. The van der Waals surface area contributed by atoms with E-state index in [4.69, 9.17) is 15.6 Å². The van der Waals surface area contributed by atoms with Crippen molar-refractivity contribution in [1.82, 2.24) is 4.98 Å². The molecule has 1 aromatic rings. The maximum absolute atomic E-state index is 8.98. The first-order chi connectivity index (χ1) is 9.06. The van der Waals surface area contributed by atoms with Gasteiger partial charge in [0, 0.05) is 12.6 Å². The van der Waals surface area contributed by atoms with Crippen LogP contribution in [0.2, 0.25) is 0 Å². The van der Waals surface area contributed by atoms with E-state index in [0.29, 0.717) is 30.5 Å². The summed E-state index contributed by atoms with van der Waals surface area (Å²) in [5, 5.41) is 12.3. The van der Waals surface area contributed by atoms with E-state index in [9.17, 15) is 0 Å². The molecule has 0 aliphatic rings. The van der Waals surface area contributed by atoms with Gasteiger partial charge in [-0.05, 0) is 30.9 Å². The predicted molar refractivity (Wildman–Crippen MR) is 78.4 cm³/mol. The summed E-state index contributed by atoms with van der Waals surface area (Å²) in [4.78, 5) is 4.37. The number of nitrogens with two attached hydrogens (primary N) is 1. The van der Waals surface area contributed by atoms with Crippen LogP contribution < -0.4 is 15.8 Å². The largest absolute Gasteiger partial charge is 0.476 e. The molecule has 0 amide bonds. The van der Waals surface area contributed by atoms with Crippen LogP contribution in [0, 0.1) is 5.92 Å². The second kappa shape index (κ2) is 7.84. The fourth-order valence-corrected chi connectivity index (χ4v) is 1.64. The number of anilines is 2. The van der Waals surface area contributed by atoms with Gasteiger partial charge >= 0.3 is 0 Å². The van der Waals surface area contributed by atoms with E-state index in [1.807, 2.05) is 6.07 Å². The topological polar surface area (TPSA) is 80.4 Å². The fraction of sp³-hybridized carbons (Fsp3) is 0.643. The summed E-state index contributed by atoms with van der Waals surface area (Å²) in [5.74, 6) is 1.63. The van der Waals surface area contributed by atoms with Crippen molar-refractivity contribution in [3.05, 3.63) is 12.1 Å². The summed E-state index contributed by atoms with van der Waals surface area (Å²) in [6, 6.07) is 3.83. The van der Waals surface area contributed by atoms with Gasteiger partial charge in [-0.1, -0.05) is 20.8 Å². The normalized spacial score (nSPS) is 12.5. The molecule has 0 saturated heterocycles. The average molecular weight is 267 g/mol. The Bertz CT molecular complexity index is 383. The van der Waals surface area contributed by atoms with Gasteiger partial charge in [-0.2, -0.15) is 4.98 Å². The van der Waals surface area contributed by atoms with Crippen molar-refractivity contribution >= 4 is 11.5 Å². The van der Waals surface area contributed by atoms with Crippen molar-refractivity contribution in [3.8, 4) is 5.88 Å². The molecule has 1 atom stereocenters. The Morgan fingerprint density at radius 1 is 1.42 bits per heavy atom. The molecule has 0 bridgehead atoms. The minimum absolute atomic E-state index is 0.164. The predicted octanol–water partition coefficient (Wildman–Crippen LogP) is 2.27. The first kappa shape index (κ1) is 15.6. The third-order valence-electron chi connectivity index (χ3n) is 2.77. The van der Waals surface area contributed by atoms with Crippen molar-refractivity contribution in [2.75, 3.05) is 24.3 Å². The lowest BCUT2D eigenvalue weighted by Gasteiger charge is -2.17. The van der Waals surface area contributed by atoms with Gasteiger partial charge in [-0.15, -0.1) is 0 Å². The lowest BCUT2D eigenvalue weighted by Crippen LogP contribution is -2.20. The molecule has 0 fully saturated rings. The highest BCUT2D eigenvalue weighted by molar-refractivity contribution is 5.53. The van der Waals surface area contributed by atoms with Gasteiger partial charge in [0.2, 0.25) is 5.88 Å². The van der Waals surface area contributed by atoms with Gasteiger partial charge in [0.15, 0.2) is 0 Å². The highest BCUT2D eigenvalue weighted by Crippen LogP contribution is 2.22. The molecule has 5 nitrogen and oxygen atoms in total. The number of nitrogen functional groups attached to an aromatic ring is 1. The van der Waals surface area contributed by atoms with Gasteiger partial charge in [0.05, 0.1) is 12.3 Å². The van der Waals surface area contributed by atoms with Crippen LogP contribution in [0.15, 0.2) is 12.1 Å². The number of aliphatic hydroxyl groups is 1. The number of hydrogen-bond acceptors (Lipinski definition) is 5. The molecule has 1 aromatic heterocycles. The number of aliphatic hydroxyl groups excluding tert-OH is 1. The molecule has 108 valence electrons. The lowest BCUT2D eigenvalue weighted by atomic mass is 10.1. The number of rotatable bonds is 8. The molecule has 19 heavy (non-hydrogen) atoms. The highest BCUT2D eigenvalue weighted by atomic mass is 16.5. The second-order valence-electron chi connectivity index (χ2n) is 5.06. The molecule has 0 radical (unpaired) electrons. The molecule has 1 heterocycles. The van der Waals surface area contributed by atoms with E-state index >= 15 is 0 Å². The molecule has 1 unspecified atom stereocenters. The summed E-state index contributed by atoms with van der Waals surface area (Å²) in [6.07, 6.45) is 1.62. The van der Waals surface area contributed by atoms with Gasteiger partial charge < -0.3 is 20.9 Å². The van der Waals surface area contributed by atoms with Gasteiger partial charge in [-0.3, -0.25) is 0 Å². The van der Waals surface area contributed by atoms with E-state index in [1.54, 1.807) is 6.07 Å². The molecule has 4 N–H and O–H groups in total. The van der Waals surface area contributed by atoms with Crippen molar-refractivity contribution in [3.63, 3.8) is 0 Å². The standard InChI is InChI=1S/C14H25N3O2/c1-4-11(7-8-18)16-13-6-5-12(15)14(17-13)19-9-10(2)3/h5-6,10-11,18H,4,7-9,15H2,1-3H3,(H,16,17). The van der Waals surface area contributed by atoms with Gasteiger partial charge in [0.25, 0.3) is 0 Å². The Hall–Kier alpha value is -1.49. The Labute approximate surface area is 115 Å². The van der Waals surface area contributed by atoms with Gasteiger partial charge in [-0.25, -0.2) is 0 Å². The van der Waals surface area contributed by atoms with E-state index in [-0.39, 0.29) is 12.6 Å². The summed E-state index contributed by atoms with van der Waals surface area (Å²) >= 11 is 0. The molecule has 0 aromatic carbocycles. The Morgan fingerprint density at radius 2 is 2.16 bits per heavy atom. The van der Waals surface area contributed by atoms with E-state index in [1.165, 1.54) is 0 Å². The second-order valence-corrected chi connectivity index (χ2v) is 5.06. The van der Waals surface area contributed by atoms with Crippen molar-refractivity contribution in [1.29, 1.82) is 0 Å². The summed E-state index contributed by atoms with van der Waals surface area (Å²) in [7, 11) is 0. The monoisotopic (exact) mass is 267 g/mol. The van der Waals surface area contributed by atoms with Crippen LogP contribution in [0.3, 0.4) is 0 Å².